The third-order valence-corrected chi connectivity index (χ3v) is 9.30. The van der Waals surface area contributed by atoms with Gasteiger partial charge in [-0.15, -0.1) is 0 Å². The van der Waals surface area contributed by atoms with E-state index in [-0.39, 0.29) is 11.0 Å². The maximum atomic E-state index is 12.1. The van der Waals surface area contributed by atoms with Gasteiger partial charge in [0.05, 0.1) is 19.4 Å². The summed E-state index contributed by atoms with van der Waals surface area (Å²) in [6, 6.07) is 30.1. The molecule has 0 aliphatic rings. The molecular weight excluding hydrogens is 716 g/mol. The summed E-state index contributed by atoms with van der Waals surface area (Å²) in [5.74, 6) is 1.30. The van der Waals surface area contributed by atoms with Crippen LogP contribution in [-0.4, -0.2) is 39.0 Å². The number of hydrogen-bond donors (Lipinski definition) is 3. The predicted octanol–water partition coefficient (Wildman–Crippen LogP) is 8.40. The lowest BCUT2D eigenvalue weighted by molar-refractivity contribution is 0.784. The molecule has 0 saturated heterocycles. The van der Waals surface area contributed by atoms with Crippen molar-refractivity contribution >= 4 is 68.7 Å². The Balaban J connectivity index is 0.000000157. The van der Waals surface area contributed by atoms with Crippen LogP contribution in [0.4, 0.5) is 0 Å². The number of H-pyrrole nitrogens is 2. The zero-order chi connectivity index (χ0) is 34.8. The Morgan fingerprint density at radius 3 is 1.46 bits per heavy atom. The monoisotopic (exact) mass is 739 g/mol. The van der Waals surface area contributed by atoms with Crippen molar-refractivity contribution in [3.8, 4) is 22.8 Å². The van der Waals surface area contributed by atoms with Gasteiger partial charge >= 0.3 is 0 Å². The van der Waals surface area contributed by atoms with Gasteiger partial charge in [0.25, 0.3) is 5.56 Å². The minimum Gasteiger partial charge on any atom is -0.334 e. The van der Waals surface area contributed by atoms with Crippen LogP contribution in [0.1, 0.15) is 11.1 Å². The largest absolute Gasteiger partial charge is 0.334 e. The van der Waals surface area contributed by atoms with Crippen LogP contribution in [0.2, 0.25) is 20.1 Å². The molecule has 14 heteroatoms. The predicted molar refractivity (Wildman–Crippen MR) is 198 cm³/mol. The first-order valence-electron chi connectivity index (χ1n) is 15.2. The highest BCUT2D eigenvalue weighted by Crippen LogP contribution is 2.28. The zero-order valence-electron chi connectivity index (χ0n) is 25.9. The van der Waals surface area contributed by atoms with E-state index in [1.165, 1.54) is 6.33 Å². The highest BCUT2D eigenvalue weighted by molar-refractivity contribution is 6.36. The molecule has 0 spiro atoms. The van der Waals surface area contributed by atoms with E-state index in [4.69, 9.17) is 51.8 Å². The van der Waals surface area contributed by atoms with E-state index >= 15 is 0 Å². The van der Waals surface area contributed by atoms with Crippen molar-refractivity contribution in [2.45, 2.75) is 13.1 Å². The van der Waals surface area contributed by atoms with E-state index in [9.17, 15) is 4.79 Å². The molecule has 50 heavy (non-hydrogen) atoms. The van der Waals surface area contributed by atoms with E-state index < -0.39 is 0 Å². The molecule has 0 radical (unpaired) electrons. The van der Waals surface area contributed by atoms with Gasteiger partial charge in [-0.1, -0.05) is 119 Å². The van der Waals surface area contributed by atoms with Gasteiger partial charge in [0, 0.05) is 42.3 Å². The number of nitrogens with one attached hydrogen (secondary N) is 3. The fourth-order valence-corrected chi connectivity index (χ4v) is 6.38. The van der Waals surface area contributed by atoms with Crippen molar-refractivity contribution in [3.05, 3.63) is 157 Å². The summed E-state index contributed by atoms with van der Waals surface area (Å²) in [5, 5.41) is 10.3. The van der Waals surface area contributed by atoms with Crippen LogP contribution in [0.3, 0.4) is 0 Å². The Morgan fingerprint density at radius 1 is 0.560 bits per heavy atom. The lowest BCUT2D eigenvalue weighted by Gasteiger charge is -2.10. The molecule has 0 bridgehead atoms. The smallest absolute Gasteiger partial charge is 0.298 e. The molecule has 4 aromatic heterocycles. The van der Waals surface area contributed by atoms with Crippen molar-refractivity contribution in [1.29, 1.82) is 5.41 Å². The third kappa shape index (κ3) is 6.79. The van der Waals surface area contributed by atoms with Gasteiger partial charge in [-0.3, -0.25) is 10.2 Å². The number of aromatic nitrogens is 8. The molecular formula is C36H25Cl4N9O. The molecule has 0 unspecified atom stereocenters. The minimum absolute atomic E-state index is 0.145. The summed E-state index contributed by atoms with van der Waals surface area (Å²) in [6.07, 6.45) is 3.04. The van der Waals surface area contributed by atoms with E-state index in [1.54, 1.807) is 41.2 Å². The minimum atomic E-state index is -0.355. The fourth-order valence-electron chi connectivity index (χ4n) is 5.35. The first kappa shape index (κ1) is 33.2. The van der Waals surface area contributed by atoms with Crippen molar-refractivity contribution < 1.29 is 0 Å². The first-order valence-corrected chi connectivity index (χ1v) is 16.7. The SMILES string of the molecule is N=c1ncn(Cc2c(Cl)cccc2Cl)c2nc(-c3ccccc3)[nH]c12.O=c1ncn(Cc2c(Cl)cccc2Cl)c2nc(-c3ccccc3)[nH]c12. The molecule has 10 nitrogen and oxygen atoms in total. The first-order chi connectivity index (χ1) is 24.3. The maximum Gasteiger partial charge on any atom is 0.298 e. The topological polar surface area (TPSA) is 134 Å². The van der Waals surface area contributed by atoms with Crippen LogP contribution >= 0.6 is 46.4 Å². The number of rotatable bonds is 6. The molecule has 0 aliphatic heterocycles. The summed E-state index contributed by atoms with van der Waals surface area (Å²) in [5.41, 5.74) is 5.24. The van der Waals surface area contributed by atoms with Gasteiger partial charge in [-0.05, 0) is 24.3 Å². The Bertz CT molecular complexity index is 2380. The molecule has 0 amide bonds. The molecule has 4 heterocycles. The van der Waals surface area contributed by atoms with Crippen molar-refractivity contribution in [3.63, 3.8) is 0 Å². The van der Waals surface area contributed by atoms with Crippen LogP contribution in [0.5, 0.6) is 0 Å². The van der Waals surface area contributed by atoms with Gasteiger partial charge in [0.15, 0.2) is 22.3 Å². The standard InChI is InChI=1S/C18H13Cl2N5.C18H12Cl2N4O/c19-13-7-4-8-14(20)12(13)9-25-10-22-16(21)15-18(25)24-17(23-15)11-5-2-1-3-6-11;19-13-7-4-8-14(20)12(13)9-24-10-21-18(25)15-17(24)23-16(22-15)11-5-2-1-3-6-11/h1-8,10,21H,9H2,(H,23,24);1-8,10H,9H2,(H,22,23). The average Bonchev–Trinajstić information content (AvgIpc) is 3.79. The summed E-state index contributed by atoms with van der Waals surface area (Å²) in [4.78, 5) is 35.7. The number of halogens is 4. The Hall–Kier alpha value is -5.26. The second kappa shape index (κ2) is 14.3. The van der Waals surface area contributed by atoms with E-state index in [1.807, 2.05) is 71.3 Å². The summed E-state index contributed by atoms with van der Waals surface area (Å²) in [6.45, 7) is 0.780. The molecule has 0 aliphatic carbocycles. The quantitative estimate of drug-likeness (QED) is 0.157. The molecule has 8 aromatic rings. The van der Waals surface area contributed by atoms with Crippen LogP contribution in [0, 0.1) is 5.41 Å². The Morgan fingerprint density at radius 2 is 0.980 bits per heavy atom. The number of benzene rings is 4. The molecule has 0 atom stereocenters. The van der Waals surface area contributed by atoms with Gasteiger partial charge in [0.1, 0.15) is 23.5 Å². The lowest BCUT2D eigenvalue weighted by atomic mass is 10.2. The zero-order valence-corrected chi connectivity index (χ0v) is 28.9. The normalized spacial score (nSPS) is 11.1. The van der Waals surface area contributed by atoms with Crippen molar-refractivity contribution in [2.75, 3.05) is 0 Å². The molecule has 4 aromatic carbocycles. The number of fused-ring (bicyclic) bond motifs is 2. The van der Waals surface area contributed by atoms with Gasteiger partial charge in [-0.25, -0.2) is 15.0 Å². The maximum absolute atomic E-state index is 12.1. The number of nitrogens with zero attached hydrogens (tertiary/aromatic N) is 6. The number of aromatic amines is 2. The highest BCUT2D eigenvalue weighted by Gasteiger charge is 2.15. The molecule has 3 N–H and O–H groups in total. The Kier molecular flexibility index (Phi) is 9.51. The second-order valence-electron chi connectivity index (χ2n) is 11.1. The van der Waals surface area contributed by atoms with Crippen molar-refractivity contribution in [1.82, 2.24) is 39.0 Å². The second-order valence-corrected chi connectivity index (χ2v) is 12.7. The number of hydrogen-bond acceptors (Lipinski definition) is 6. The molecule has 0 fully saturated rings. The highest BCUT2D eigenvalue weighted by atomic mass is 35.5. The molecule has 8 rings (SSSR count). The van der Waals surface area contributed by atoms with Gasteiger partial charge in [0.2, 0.25) is 0 Å². The van der Waals surface area contributed by atoms with Gasteiger partial charge in [-0.2, -0.15) is 4.98 Å². The summed E-state index contributed by atoms with van der Waals surface area (Å²) in [7, 11) is 0. The average molecular weight is 741 g/mol. The fraction of sp³-hybridized carbons (Fsp3) is 0.0556. The Labute approximate surface area is 304 Å². The van der Waals surface area contributed by atoms with Crippen LogP contribution in [0.15, 0.2) is 115 Å². The molecule has 0 saturated carbocycles. The van der Waals surface area contributed by atoms with E-state index in [2.05, 4.69) is 29.9 Å². The van der Waals surface area contributed by atoms with Crippen LogP contribution in [-0.2, 0) is 13.1 Å². The summed E-state index contributed by atoms with van der Waals surface area (Å²) < 4.78 is 3.59. The van der Waals surface area contributed by atoms with Crippen molar-refractivity contribution in [2.24, 2.45) is 0 Å². The number of imidazole rings is 2. The molecule has 248 valence electrons. The van der Waals surface area contributed by atoms with Gasteiger partial charge < -0.3 is 19.1 Å². The van der Waals surface area contributed by atoms with Crippen LogP contribution in [0.25, 0.3) is 45.1 Å². The van der Waals surface area contributed by atoms with E-state index in [0.717, 1.165) is 22.3 Å². The third-order valence-electron chi connectivity index (χ3n) is 7.88. The summed E-state index contributed by atoms with van der Waals surface area (Å²) >= 11 is 25.1. The van der Waals surface area contributed by atoms with Crippen LogP contribution < -0.4 is 11.0 Å². The lowest BCUT2D eigenvalue weighted by Crippen LogP contribution is -2.13. The van der Waals surface area contributed by atoms with E-state index in [0.29, 0.717) is 67.2 Å².